The van der Waals surface area contributed by atoms with E-state index in [4.69, 9.17) is 20.5 Å². The van der Waals surface area contributed by atoms with E-state index in [0.29, 0.717) is 10.6 Å². The average Bonchev–Trinajstić information content (AvgIpc) is 2.88. The zero-order valence-corrected chi connectivity index (χ0v) is 21.8. The van der Waals surface area contributed by atoms with Crippen LogP contribution in [-0.4, -0.2) is 21.4 Å². The quantitative estimate of drug-likeness (QED) is 0.137. The van der Waals surface area contributed by atoms with Gasteiger partial charge in [-0.05, 0) is 72.7 Å². The Morgan fingerprint density at radius 3 is 2.44 bits per heavy atom. The van der Waals surface area contributed by atoms with Gasteiger partial charge in [0, 0.05) is 16.3 Å². The second-order valence-corrected chi connectivity index (χ2v) is 9.88. The Morgan fingerprint density at radius 2 is 1.85 bits per heavy atom. The van der Waals surface area contributed by atoms with E-state index >= 15 is 0 Å². The van der Waals surface area contributed by atoms with E-state index in [1.54, 1.807) is 6.07 Å². The van der Waals surface area contributed by atoms with E-state index in [9.17, 15) is 31.6 Å². The second-order valence-electron chi connectivity index (χ2n) is 7.90. The third kappa shape index (κ3) is 7.40. The Morgan fingerprint density at radius 1 is 1.15 bits per heavy atom. The lowest BCUT2D eigenvalue weighted by Crippen LogP contribution is -2.14. The van der Waals surface area contributed by atoms with Crippen molar-refractivity contribution in [3.8, 4) is 17.6 Å². The number of methoxy groups -OCH3 is 1. The number of alkyl halides is 3. The molecule has 0 saturated carbocycles. The normalized spacial score (nSPS) is 11.8. The minimum Gasteiger partial charge on any atom is -0.493 e. The third-order valence-corrected chi connectivity index (χ3v) is 6.65. The van der Waals surface area contributed by atoms with Crippen LogP contribution >= 0.6 is 11.6 Å². The number of allylic oxidation sites excluding steroid dienone is 1. The maximum Gasteiger partial charge on any atom is 0.416 e. The monoisotopic (exact) mass is 576 g/mol. The summed E-state index contributed by atoms with van der Waals surface area (Å²) in [7, 11) is -3.02. The summed E-state index contributed by atoms with van der Waals surface area (Å²) in [5, 5.41) is 12.2. The Hall–Kier alpha value is -4.27. The van der Waals surface area contributed by atoms with Gasteiger partial charge >= 0.3 is 16.3 Å². The van der Waals surface area contributed by atoms with Gasteiger partial charge in [0.1, 0.15) is 16.5 Å². The number of nitriles is 1. The molecule has 1 amide bonds. The minimum atomic E-state index is -4.61. The largest absolute Gasteiger partial charge is 0.493 e. The summed E-state index contributed by atoms with van der Waals surface area (Å²) in [5.74, 6) is -1.10. The van der Waals surface area contributed by atoms with E-state index in [1.807, 2.05) is 0 Å². The highest BCUT2D eigenvalue weighted by Crippen LogP contribution is 2.37. The van der Waals surface area contributed by atoms with Crippen LogP contribution in [0.5, 0.6) is 11.5 Å². The van der Waals surface area contributed by atoms with Crippen molar-refractivity contribution in [2.45, 2.75) is 17.5 Å². The molecule has 0 bridgehead atoms. The van der Waals surface area contributed by atoms with Gasteiger partial charge in [-0.1, -0.05) is 23.7 Å². The molecular formula is C27H20ClF3N2O5S. The van der Waals surface area contributed by atoms with Crippen LogP contribution in [0.4, 0.5) is 18.9 Å². The SMILES string of the molecule is C=CCc1cc(/C=C(\C#N)C(=O)Nc2cccc(C(F)(F)F)c2)cc(OC)c1OS(=O)(=O)c1ccc(Cl)cc1. The summed E-state index contributed by atoms with van der Waals surface area (Å²) in [6.07, 6.45) is -1.83. The second kappa shape index (κ2) is 12.1. The topological polar surface area (TPSA) is 105 Å². The molecule has 0 aromatic heterocycles. The smallest absolute Gasteiger partial charge is 0.416 e. The van der Waals surface area contributed by atoms with E-state index in [0.717, 1.165) is 18.2 Å². The summed E-state index contributed by atoms with van der Waals surface area (Å²) in [6.45, 7) is 3.65. The number of nitrogens with zero attached hydrogens (tertiary/aromatic N) is 1. The van der Waals surface area contributed by atoms with Crippen LogP contribution in [0.1, 0.15) is 16.7 Å². The number of benzene rings is 3. The first kappa shape index (κ1) is 29.3. The molecule has 0 unspecified atom stereocenters. The van der Waals surface area contributed by atoms with E-state index in [2.05, 4.69) is 11.9 Å². The van der Waals surface area contributed by atoms with Gasteiger partial charge in [0.25, 0.3) is 5.91 Å². The van der Waals surface area contributed by atoms with Crippen molar-refractivity contribution in [1.82, 2.24) is 0 Å². The van der Waals surface area contributed by atoms with Crippen LogP contribution in [0.2, 0.25) is 5.02 Å². The summed E-state index contributed by atoms with van der Waals surface area (Å²) >= 11 is 5.83. The van der Waals surface area contributed by atoms with Gasteiger partial charge in [0.2, 0.25) is 0 Å². The van der Waals surface area contributed by atoms with Crippen molar-refractivity contribution in [3.05, 3.63) is 101 Å². The number of anilines is 1. The lowest BCUT2D eigenvalue weighted by Gasteiger charge is -2.16. The number of ether oxygens (including phenoxy) is 1. The van der Waals surface area contributed by atoms with Crippen LogP contribution in [-0.2, 0) is 27.5 Å². The third-order valence-electron chi connectivity index (χ3n) is 5.16. The average molecular weight is 577 g/mol. The molecule has 0 aliphatic rings. The summed E-state index contributed by atoms with van der Waals surface area (Å²) in [4.78, 5) is 12.5. The summed E-state index contributed by atoms with van der Waals surface area (Å²) < 4.78 is 75.4. The number of amides is 1. The molecule has 0 spiro atoms. The van der Waals surface area contributed by atoms with Crippen molar-refractivity contribution in [2.75, 3.05) is 12.4 Å². The number of carbonyl (C=O) groups excluding carboxylic acids is 1. The minimum absolute atomic E-state index is 0.0197. The lowest BCUT2D eigenvalue weighted by molar-refractivity contribution is -0.137. The molecule has 3 aromatic carbocycles. The van der Waals surface area contributed by atoms with Crippen molar-refractivity contribution in [3.63, 3.8) is 0 Å². The van der Waals surface area contributed by atoms with Crippen LogP contribution in [0.3, 0.4) is 0 Å². The Bertz CT molecular complexity index is 1580. The number of rotatable bonds is 9. The van der Waals surface area contributed by atoms with Gasteiger partial charge in [-0.15, -0.1) is 6.58 Å². The van der Waals surface area contributed by atoms with Gasteiger partial charge in [0.15, 0.2) is 11.5 Å². The summed E-state index contributed by atoms with van der Waals surface area (Å²) in [5.41, 5.74) is -0.983. The molecule has 39 heavy (non-hydrogen) atoms. The fourth-order valence-electron chi connectivity index (χ4n) is 3.37. The fraction of sp³-hybridized carbons (Fsp3) is 0.111. The highest BCUT2D eigenvalue weighted by Gasteiger charge is 2.30. The molecule has 3 rings (SSSR count). The molecule has 202 valence electrons. The van der Waals surface area contributed by atoms with Crippen molar-refractivity contribution >= 4 is 39.4 Å². The highest BCUT2D eigenvalue weighted by molar-refractivity contribution is 7.87. The van der Waals surface area contributed by atoms with Gasteiger partial charge in [-0.25, -0.2) is 0 Å². The van der Waals surface area contributed by atoms with Crippen LogP contribution in [0.15, 0.2) is 83.8 Å². The predicted molar refractivity (Wildman–Crippen MR) is 140 cm³/mol. The lowest BCUT2D eigenvalue weighted by atomic mass is 10.0. The summed E-state index contributed by atoms with van der Waals surface area (Å²) in [6, 6.07) is 13.8. The highest BCUT2D eigenvalue weighted by atomic mass is 35.5. The molecule has 1 N–H and O–H groups in total. The Kier molecular flexibility index (Phi) is 9.06. The number of hydrogen-bond acceptors (Lipinski definition) is 6. The zero-order valence-electron chi connectivity index (χ0n) is 20.3. The maximum atomic E-state index is 13.0. The zero-order chi connectivity index (χ0) is 28.8. The first-order valence-corrected chi connectivity index (χ1v) is 12.8. The molecule has 0 atom stereocenters. The molecule has 12 heteroatoms. The van der Waals surface area contributed by atoms with Crippen LogP contribution in [0.25, 0.3) is 6.08 Å². The van der Waals surface area contributed by atoms with Crippen LogP contribution < -0.4 is 14.2 Å². The molecule has 0 saturated heterocycles. The molecule has 0 radical (unpaired) electrons. The van der Waals surface area contributed by atoms with E-state index in [-0.39, 0.29) is 34.1 Å². The van der Waals surface area contributed by atoms with Crippen LogP contribution in [0, 0.1) is 11.3 Å². The Labute approximate surface area is 227 Å². The first-order valence-electron chi connectivity index (χ1n) is 11.0. The fourth-order valence-corrected chi connectivity index (χ4v) is 4.47. The van der Waals surface area contributed by atoms with Gasteiger partial charge in [-0.2, -0.15) is 26.9 Å². The molecule has 0 fully saturated rings. The van der Waals surface area contributed by atoms with Gasteiger partial charge in [0.05, 0.1) is 12.7 Å². The van der Waals surface area contributed by atoms with Crippen molar-refractivity contribution in [2.24, 2.45) is 0 Å². The Balaban J connectivity index is 1.97. The number of halogens is 4. The van der Waals surface area contributed by atoms with Crippen molar-refractivity contribution < 1.29 is 35.3 Å². The molecular weight excluding hydrogens is 557 g/mol. The molecule has 0 heterocycles. The van der Waals surface area contributed by atoms with Gasteiger partial charge in [-0.3, -0.25) is 4.79 Å². The molecule has 7 nitrogen and oxygen atoms in total. The molecule has 3 aromatic rings. The van der Waals surface area contributed by atoms with E-state index < -0.39 is 33.3 Å². The maximum absolute atomic E-state index is 13.0. The number of nitrogens with one attached hydrogen (secondary N) is 1. The van der Waals surface area contributed by atoms with Crippen molar-refractivity contribution in [1.29, 1.82) is 5.26 Å². The number of hydrogen-bond donors (Lipinski definition) is 1. The molecule has 0 aliphatic carbocycles. The number of carbonyl (C=O) groups is 1. The molecule has 0 aliphatic heterocycles. The predicted octanol–water partition coefficient (Wildman–Crippen LogP) is 6.41. The first-order chi connectivity index (χ1) is 18.4. The van der Waals surface area contributed by atoms with E-state index in [1.165, 1.54) is 61.7 Å². The standard InChI is InChI=1S/C27H20ClF3N2O5S/c1-3-5-18-12-17(13-19(16-32)26(34)33-22-7-4-6-20(15-22)27(29,30)31)14-24(37-2)25(18)38-39(35,36)23-10-8-21(28)9-11-23/h3-4,6-15H,1,5H2,2H3,(H,33,34)/b19-13+. The van der Waals surface area contributed by atoms with Gasteiger partial charge < -0.3 is 14.2 Å².